The van der Waals surface area contributed by atoms with Crippen LogP contribution in [0, 0.1) is 0 Å². The molecule has 1 aromatic rings. The summed E-state index contributed by atoms with van der Waals surface area (Å²) in [6, 6.07) is 8.11. The fourth-order valence-electron chi connectivity index (χ4n) is 2.37. The lowest BCUT2D eigenvalue weighted by Crippen LogP contribution is -2.48. The van der Waals surface area contributed by atoms with Gasteiger partial charge in [-0.1, -0.05) is 28.1 Å². The van der Waals surface area contributed by atoms with Crippen molar-refractivity contribution in [2.75, 3.05) is 12.0 Å². The lowest BCUT2D eigenvalue weighted by molar-refractivity contribution is 0.353. The number of halogens is 1. The minimum Gasteiger partial charge on any atom is -0.308 e. The quantitative estimate of drug-likeness (QED) is 0.860. The minimum atomic E-state index is -2.95. The van der Waals surface area contributed by atoms with Crippen molar-refractivity contribution in [3.63, 3.8) is 0 Å². The molecule has 0 fully saturated rings. The molecule has 1 atom stereocenters. The second-order valence-corrected chi connectivity index (χ2v) is 8.93. The molecule has 0 spiro atoms. The molecular weight excluding hydrogens is 326 g/mol. The van der Waals surface area contributed by atoms with Crippen LogP contribution in [-0.4, -0.2) is 32.0 Å². The molecule has 0 aliphatic rings. The van der Waals surface area contributed by atoms with Gasteiger partial charge < -0.3 is 5.32 Å². The molecular formula is C14H22BrNO2S. The smallest absolute Gasteiger partial charge is 0.148 e. The predicted octanol–water partition coefficient (Wildman–Crippen LogP) is 2.79. The van der Waals surface area contributed by atoms with Crippen LogP contribution in [0.4, 0.5) is 0 Å². The normalized spacial score (nSPS) is 14.4. The highest BCUT2D eigenvalue weighted by Crippen LogP contribution is 2.17. The highest BCUT2D eigenvalue weighted by molar-refractivity contribution is 9.10. The SMILES string of the molecule is C[C@@H](CS(C)(=O)=O)NC(C)(C)Cc1cccc(Br)c1. The van der Waals surface area contributed by atoms with Crippen molar-refractivity contribution in [2.45, 2.75) is 38.8 Å². The van der Waals surface area contributed by atoms with Gasteiger partial charge in [-0.05, 0) is 44.9 Å². The van der Waals surface area contributed by atoms with Crippen LogP contribution in [0.3, 0.4) is 0 Å². The molecule has 108 valence electrons. The maximum atomic E-state index is 11.3. The fourth-order valence-corrected chi connectivity index (χ4v) is 3.81. The lowest BCUT2D eigenvalue weighted by Gasteiger charge is -2.30. The van der Waals surface area contributed by atoms with Crippen molar-refractivity contribution in [1.82, 2.24) is 5.32 Å². The van der Waals surface area contributed by atoms with Crippen molar-refractivity contribution in [1.29, 1.82) is 0 Å². The second kappa shape index (κ2) is 6.37. The zero-order chi connectivity index (χ0) is 14.7. The highest BCUT2D eigenvalue weighted by Gasteiger charge is 2.22. The molecule has 0 amide bonds. The molecule has 5 heteroatoms. The standard InChI is InChI=1S/C14H22BrNO2S/c1-11(10-19(4,17)18)16-14(2,3)9-12-6-5-7-13(15)8-12/h5-8,11,16H,9-10H2,1-4H3/t11-/m0/s1. The molecule has 0 heterocycles. The summed E-state index contributed by atoms with van der Waals surface area (Å²) in [5.41, 5.74) is 1.07. The van der Waals surface area contributed by atoms with Gasteiger partial charge in [-0.2, -0.15) is 0 Å². The summed E-state index contributed by atoms with van der Waals surface area (Å²) in [4.78, 5) is 0. The molecule has 0 unspecified atom stereocenters. The fraction of sp³-hybridized carbons (Fsp3) is 0.571. The van der Waals surface area contributed by atoms with E-state index in [2.05, 4.69) is 47.2 Å². The Labute approximate surface area is 124 Å². The van der Waals surface area contributed by atoms with E-state index in [0.29, 0.717) is 0 Å². The number of nitrogens with one attached hydrogen (secondary N) is 1. The Bertz CT molecular complexity index is 526. The largest absolute Gasteiger partial charge is 0.308 e. The van der Waals surface area contributed by atoms with E-state index in [9.17, 15) is 8.42 Å². The van der Waals surface area contributed by atoms with Crippen LogP contribution in [0.1, 0.15) is 26.3 Å². The summed E-state index contributed by atoms with van der Waals surface area (Å²) in [6.07, 6.45) is 2.12. The molecule has 0 aliphatic carbocycles. The number of hydrogen-bond acceptors (Lipinski definition) is 3. The zero-order valence-corrected chi connectivity index (χ0v) is 14.3. The topological polar surface area (TPSA) is 46.2 Å². The average molecular weight is 348 g/mol. The van der Waals surface area contributed by atoms with Crippen molar-refractivity contribution in [3.05, 3.63) is 34.3 Å². The second-order valence-electron chi connectivity index (χ2n) is 5.83. The van der Waals surface area contributed by atoms with E-state index in [-0.39, 0.29) is 17.3 Å². The maximum Gasteiger partial charge on any atom is 0.148 e. The number of sulfone groups is 1. The van der Waals surface area contributed by atoms with Crippen LogP contribution >= 0.6 is 15.9 Å². The monoisotopic (exact) mass is 347 g/mol. The molecule has 1 rings (SSSR count). The summed E-state index contributed by atoms with van der Waals surface area (Å²) in [7, 11) is -2.95. The third-order valence-corrected chi connectivity index (χ3v) is 4.32. The van der Waals surface area contributed by atoms with Gasteiger partial charge in [0, 0.05) is 22.3 Å². The van der Waals surface area contributed by atoms with E-state index in [1.807, 2.05) is 19.1 Å². The van der Waals surface area contributed by atoms with Crippen molar-refractivity contribution in [2.24, 2.45) is 0 Å². The molecule has 0 aromatic heterocycles. The highest BCUT2D eigenvalue weighted by atomic mass is 79.9. The molecule has 0 saturated heterocycles. The Kier molecular flexibility index (Phi) is 5.59. The van der Waals surface area contributed by atoms with Crippen LogP contribution < -0.4 is 5.32 Å². The van der Waals surface area contributed by atoms with Gasteiger partial charge in [-0.15, -0.1) is 0 Å². The van der Waals surface area contributed by atoms with E-state index in [1.165, 1.54) is 11.8 Å². The van der Waals surface area contributed by atoms with Crippen molar-refractivity contribution >= 4 is 25.8 Å². The Morgan fingerprint density at radius 2 is 2.00 bits per heavy atom. The van der Waals surface area contributed by atoms with Crippen LogP contribution in [-0.2, 0) is 16.3 Å². The van der Waals surface area contributed by atoms with E-state index in [4.69, 9.17) is 0 Å². The van der Waals surface area contributed by atoms with Gasteiger partial charge in [0.05, 0.1) is 5.75 Å². The molecule has 19 heavy (non-hydrogen) atoms. The third-order valence-electron chi connectivity index (χ3n) is 2.72. The Morgan fingerprint density at radius 3 is 2.53 bits per heavy atom. The number of benzene rings is 1. The summed E-state index contributed by atoms with van der Waals surface area (Å²) in [5, 5.41) is 3.39. The van der Waals surface area contributed by atoms with Crippen LogP contribution in [0.25, 0.3) is 0 Å². The molecule has 0 aliphatic heterocycles. The Morgan fingerprint density at radius 1 is 1.37 bits per heavy atom. The number of rotatable bonds is 6. The number of hydrogen-bond donors (Lipinski definition) is 1. The van der Waals surface area contributed by atoms with E-state index in [0.717, 1.165) is 10.9 Å². The van der Waals surface area contributed by atoms with Crippen LogP contribution in [0.15, 0.2) is 28.7 Å². The van der Waals surface area contributed by atoms with Gasteiger partial charge in [-0.25, -0.2) is 8.42 Å². The average Bonchev–Trinajstić information content (AvgIpc) is 2.11. The first-order valence-electron chi connectivity index (χ1n) is 6.27. The molecule has 1 N–H and O–H groups in total. The van der Waals surface area contributed by atoms with E-state index in [1.54, 1.807) is 0 Å². The first kappa shape index (κ1) is 16.7. The van der Waals surface area contributed by atoms with E-state index >= 15 is 0 Å². The predicted molar refractivity (Wildman–Crippen MR) is 84.2 cm³/mol. The minimum absolute atomic E-state index is 0.0582. The van der Waals surface area contributed by atoms with Gasteiger partial charge in [0.2, 0.25) is 0 Å². The summed E-state index contributed by atoms with van der Waals surface area (Å²) in [6.45, 7) is 6.09. The van der Waals surface area contributed by atoms with Crippen molar-refractivity contribution < 1.29 is 8.42 Å². The third kappa shape index (κ3) is 7.09. The molecule has 0 saturated carbocycles. The lowest BCUT2D eigenvalue weighted by atomic mass is 9.94. The molecule has 0 bridgehead atoms. The van der Waals surface area contributed by atoms with Crippen LogP contribution in [0.5, 0.6) is 0 Å². The van der Waals surface area contributed by atoms with Crippen LogP contribution in [0.2, 0.25) is 0 Å². The van der Waals surface area contributed by atoms with Gasteiger partial charge in [-0.3, -0.25) is 0 Å². The first-order valence-corrected chi connectivity index (χ1v) is 9.13. The van der Waals surface area contributed by atoms with Gasteiger partial charge >= 0.3 is 0 Å². The van der Waals surface area contributed by atoms with E-state index < -0.39 is 9.84 Å². The Hall–Kier alpha value is -0.390. The Balaban J connectivity index is 2.66. The molecule has 1 aromatic carbocycles. The summed E-state index contributed by atoms with van der Waals surface area (Å²) >= 11 is 3.46. The first-order chi connectivity index (χ1) is 8.57. The summed E-state index contributed by atoms with van der Waals surface area (Å²) in [5.74, 6) is 0.162. The van der Waals surface area contributed by atoms with Gasteiger partial charge in [0.25, 0.3) is 0 Å². The molecule has 3 nitrogen and oxygen atoms in total. The van der Waals surface area contributed by atoms with Crippen molar-refractivity contribution in [3.8, 4) is 0 Å². The maximum absolute atomic E-state index is 11.3. The zero-order valence-electron chi connectivity index (χ0n) is 11.9. The van der Waals surface area contributed by atoms with Gasteiger partial charge in [0.15, 0.2) is 0 Å². The summed E-state index contributed by atoms with van der Waals surface area (Å²) < 4.78 is 23.6. The van der Waals surface area contributed by atoms with Gasteiger partial charge in [0.1, 0.15) is 9.84 Å². The molecule has 0 radical (unpaired) electrons.